The van der Waals surface area contributed by atoms with Gasteiger partial charge < -0.3 is 10.2 Å². The quantitative estimate of drug-likeness (QED) is 0.685. The van der Waals surface area contributed by atoms with Gasteiger partial charge in [0.05, 0.1) is 0 Å². The maximum absolute atomic E-state index is 5.55. The monoisotopic (exact) mass is 202 g/mol. The highest BCUT2D eigenvalue weighted by Crippen LogP contribution is 2.05. The predicted octanol–water partition coefficient (Wildman–Crippen LogP) is 1.81. The highest BCUT2D eigenvalue weighted by atomic mass is 35.5. The lowest BCUT2D eigenvalue weighted by Crippen LogP contribution is -2.30. The minimum absolute atomic E-state index is 0.914. The summed E-state index contributed by atoms with van der Waals surface area (Å²) < 4.78 is 0. The van der Waals surface area contributed by atoms with Crippen molar-refractivity contribution in [2.24, 2.45) is 0 Å². The molecule has 1 aliphatic rings. The van der Waals surface area contributed by atoms with Gasteiger partial charge in [0, 0.05) is 25.2 Å². The Morgan fingerprint density at radius 3 is 2.77 bits per heavy atom. The molecule has 0 unspecified atom stereocenters. The lowest BCUT2D eigenvalue weighted by Gasteiger charge is -2.14. The zero-order valence-electron chi connectivity index (χ0n) is 8.35. The summed E-state index contributed by atoms with van der Waals surface area (Å²) in [5.74, 6) is 0. The van der Waals surface area contributed by atoms with Crippen LogP contribution in [-0.2, 0) is 0 Å². The van der Waals surface area contributed by atoms with E-state index >= 15 is 0 Å². The second kappa shape index (κ2) is 6.41. The summed E-state index contributed by atoms with van der Waals surface area (Å²) in [5.41, 5.74) is 2.84. The van der Waals surface area contributed by atoms with Crippen LogP contribution in [0.3, 0.4) is 0 Å². The van der Waals surface area contributed by atoms with Crippen molar-refractivity contribution >= 4 is 11.6 Å². The first-order valence-electron chi connectivity index (χ1n) is 5.02. The fourth-order valence-electron chi connectivity index (χ4n) is 1.57. The SMILES string of the molecule is CC(=CCl)CNCCN1CCCC1. The molecule has 0 bridgehead atoms. The topological polar surface area (TPSA) is 15.3 Å². The van der Waals surface area contributed by atoms with Crippen molar-refractivity contribution < 1.29 is 0 Å². The number of hydrogen-bond acceptors (Lipinski definition) is 2. The van der Waals surface area contributed by atoms with Crippen LogP contribution in [0.15, 0.2) is 11.1 Å². The smallest absolute Gasteiger partial charge is 0.0174 e. The maximum atomic E-state index is 5.55. The summed E-state index contributed by atoms with van der Waals surface area (Å²) in [6, 6.07) is 0. The van der Waals surface area contributed by atoms with Crippen LogP contribution in [0.25, 0.3) is 0 Å². The molecule has 0 aliphatic carbocycles. The Morgan fingerprint density at radius 1 is 1.46 bits per heavy atom. The first kappa shape index (κ1) is 11.0. The van der Waals surface area contributed by atoms with Gasteiger partial charge >= 0.3 is 0 Å². The molecule has 1 heterocycles. The van der Waals surface area contributed by atoms with E-state index in [-0.39, 0.29) is 0 Å². The highest BCUT2D eigenvalue weighted by Gasteiger charge is 2.09. The zero-order valence-corrected chi connectivity index (χ0v) is 9.11. The van der Waals surface area contributed by atoms with Gasteiger partial charge in [0.1, 0.15) is 0 Å². The van der Waals surface area contributed by atoms with E-state index in [0.29, 0.717) is 0 Å². The van der Waals surface area contributed by atoms with E-state index in [0.717, 1.165) is 13.1 Å². The van der Waals surface area contributed by atoms with Crippen LogP contribution in [-0.4, -0.2) is 37.6 Å². The average Bonchev–Trinajstić information content (AvgIpc) is 2.64. The van der Waals surface area contributed by atoms with Crippen LogP contribution in [0.1, 0.15) is 19.8 Å². The Kier molecular flexibility index (Phi) is 5.44. The van der Waals surface area contributed by atoms with Crippen molar-refractivity contribution in [1.29, 1.82) is 0 Å². The molecule has 1 rings (SSSR count). The molecular weight excluding hydrogens is 184 g/mol. The van der Waals surface area contributed by atoms with E-state index in [1.807, 2.05) is 6.92 Å². The molecule has 3 heteroatoms. The van der Waals surface area contributed by atoms with E-state index in [1.54, 1.807) is 5.54 Å². The van der Waals surface area contributed by atoms with Crippen LogP contribution in [0.4, 0.5) is 0 Å². The third kappa shape index (κ3) is 4.65. The van der Waals surface area contributed by atoms with E-state index in [9.17, 15) is 0 Å². The molecule has 1 N–H and O–H groups in total. The zero-order chi connectivity index (χ0) is 9.52. The minimum Gasteiger partial charge on any atom is -0.312 e. The molecule has 76 valence electrons. The van der Waals surface area contributed by atoms with Crippen molar-refractivity contribution in [1.82, 2.24) is 10.2 Å². The van der Waals surface area contributed by atoms with Crippen molar-refractivity contribution in [2.75, 3.05) is 32.7 Å². The van der Waals surface area contributed by atoms with Gasteiger partial charge in [-0.25, -0.2) is 0 Å². The summed E-state index contributed by atoms with van der Waals surface area (Å²) in [7, 11) is 0. The Hall–Kier alpha value is -0.0500. The van der Waals surface area contributed by atoms with E-state index in [4.69, 9.17) is 11.6 Å². The van der Waals surface area contributed by atoms with Gasteiger partial charge in [-0.2, -0.15) is 0 Å². The van der Waals surface area contributed by atoms with E-state index < -0.39 is 0 Å². The molecule has 0 aromatic rings. The molecule has 1 aliphatic heterocycles. The lowest BCUT2D eigenvalue weighted by molar-refractivity contribution is 0.338. The number of rotatable bonds is 5. The molecule has 1 saturated heterocycles. The van der Waals surface area contributed by atoms with Gasteiger partial charge in [-0.15, -0.1) is 0 Å². The van der Waals surface area contributed by atoms with E-state index in [1.165, 1.54) is 38.0 Å². The summed E-state index contributed by atoms with van der Waals surface area (Å²) in [4.78, 5) is 2.51. The Morgan fingerprint density at radius 2 is 2.15 bits per heavy atom. The van der Waals surface area contributed by atoms with Crippen molar-refractivity contribution in [2.45, 2.75) is 19.8 Å². The Balaban J connectivity index is 1.94. The largest absolute Gasteiger partial charge is 0.312 e. The van der Waals surface area contributed by atoms with Crippen molar-refractivity contribution in [3.8, 4) is 0 Å². The number of halogens is 1. The molecule has 0 amide bonds. The molecule has 13 heavy (non-hydrogen) atoms. The van der Waals surface area contributed by atoms with Crippen LogP contribution < -0.4 is 5.32 Å². The van der Waals surface area contributed by atoms with Gasteiger partial charge in [0.25, 0.3) is 0 Å². The van der Waals surface area contributed by atoms with Crippen molar-refractivity contribution in [3.05, 3.63) is 11.1 Å². The molecule has 2 nitrogen and oxygen atoms in total. The summed E-state index contributed by atoms with van der Waals surface area (Å²) in [5, 5.41) is 3.37. The standard InChI is InChI=1S/C10H19ClN2/c1-10(8-11)9-12-4-7-13-5-2-3-6-13/h8,12H,2-7,9H2,1H3. The number of likely N-dealkylation sites (tertiary alicyclic amines) is 1. The fourth-order valence-corrected chi connectivity index (χ4v) is 1.64. The third-order valence-corrected chi connectivity index (χ3v) is 2.77. The van der Waals surface area contributed by atoms with Crippen LogP contribution in [0.5, 0.6) is 0 Å². The van der Waals surface area contributed by atoms with Gasteiger partial charge in [0.2, 0.25) is 0 Å². The minimum atomic E-state index is 0.914. The highest BCUT2D eigenvalue weighted by molar-refractivity contribution is 6.25. The van der Waals surface area contributed by atoms with E-state index in [2.05, 4.69) is 10.2 Å². The second-order valence-corrected chi connectivity index (χ2v) is 3.90. The summed E-state index contributed by atoms with van der Waals surface area (Å²) in [6.45, 7) is 7.77. The number of nitrogens with zero attached hydrogens (tertiary/aromatic N) is 1. The predicted molar refractivity (Wildman–Crippen MR) is 58.2 cm³/mol. The average molecular weight is 203 g/mol. The summed E-state index contributed by atoms with van der Waals surface area (Å²) >= 11 is 5.55. The number of nitrogens with one attached hydrogen (secondary N) is 1. The first-order chi connectivity index (χ1) is 6.33. The molecular formula is C10H19ClN2. The van der Waals surface area contributed by atoms with Crippen molar-refractivity contribution in [3.63, 3.8) is 0 Å². The van der Waals surface area contributed by atoms with Gasteiger partial charge in [-0.1, -0.05) is 11.6 Å². The number of hydrogen-bond donors (Lipinski definition) is 1. The molecule has 0 aromatic heterocycles. The Labute approximate surface area is 85.9 Å². The van der Waals surface area contributed by atoms with Gasteiger partial charge in [0.15, 0.2) is 0 Å². The molecule has 0 aromatic carbocycles. The first-order valence-corrected chi connectivity index (χ1v) is 5.45. The Bertz CT molecular complexity index is 162. The maximum Gasteiger partial charge on any atom is 0.0174 e. The lowest BCUT2D eigenvalue weighted by atomic mass is 10.3. The molecule has 0 saturated carbocycles. The molecule has 0 spiro atoms. The normalized spacial score (nSPS) is 19.7. The van der Waals surface area contributed by atoms with Crippen LogP contribution >= 0.6 is 11.6 Å². The molecule has 0 radical (unpaired) electrons. The van der Waals surface area contributed by atoms with Gasteiger partial charge in [-0.05, 0) is 38.4 Å². The molecule has 0 atom stereocenters. The van der Waals surface area contributed by atoms with Crippen LogP contribution in [0, 0.1) is 0 Å². The van der Waals surface area contributed by atoms with Crippen LogP contribution in [0.2, 0.25) is 0 Å². The fraction of sp³-hybridized carbons (Fsp3) is 0.800. The third-order valence-electron chi connectivity index (χ3n) is 2.39. The summed E-state index contributed by atoms with van der Waals surface area (Å²) in [6.07, 6.45) is 2.75. The molecule has 1 fully saturated rings. The van der Waals surface area contributed by atoms with Gasteiger partial charge in [-0.3, -0.25) is 0 Å². The second-order valence-electron chi connectivity index (χ2n) is 3.68.